The topological polar surface area (TPSA) is 55.9 Å². The van der Waals surface area contributed by atoms with Gasteiger partial charge in [-0.2, -0.15) is 0 Å². The van der Waals surface area contributed by atoms with Gasteiger partial charge in [0, 0.05) is 13.3 Å². The minimum absolute atomic E-state index is 0.152. The maximum absolute atomic E-state index is 12.1. The number of hydrogen-bond acceptors (Lipinski definition) is 4. The minimum atomic E-state index is -0.171. The number of ketones is 1. The summed E-state index contributed by atoms with van der Waals surface area (Å²) in [7, 11) is 0. The summed E-state index contributed by atoms with van der Waals surface area (Å²) in [5.41, 5.74) is 1.79. The standard InChI is InChI=1S/C24H34O4/c1-13(12-27-14(2)25)16-5-6-17-20-18(8-10-23(16,17)3)24(4)9-7-15(26)11-19(24)21-22(20)28-21/h11,13,16-18,20-22H,5-10,12H2,1-4H3/t13-,16?,17?,18?,20?,21-,22+,23-,24?/m1/s1. The van der Waals surface area contributed by atoms with Crippen LogP contribution in [0.15, 0.2) is 11.6 Å². The van der Waals surface area contributed by atoms with Crippen LogP contribution in [0.2, 0.25) is 0 Å². The molecule has 0 spiro atoms. The Hall–Kier alpha value is -1.16. The number of fused-ring (bicyclic) bond motifs is 8. The van der Waals surface area contributed by atoms with Gasteiger partial charge in [0.2, 0.25) is 0 Å². The van der Waals surface area contributed by atoms with Crippen LogP contribution >= 0.6 is 0 Å². The highest BCUT2D eigenvalue weighted by Crippen LogP contribution is 2.70. The highest BCUT2D eigenvalue weighted by atomic mass is 16.6. The first-order valence-corrected chi connectivity index (χ1v) is 11.3. The van der Waals surface area contributed by atoms with Crippen molar-refractivity contribution in [3.8, 4) is 0 Å². The summed E-state index contributed by atoms with van der Waals surface area (Å²) in [4.78, 5) is 23.4. The zero-order valence-corrected chi connectivity index (χ0v) is 17.7. The fourth-order valence-electron chi connectivity index (χ4n) is 8.15. The van der Waals surface area contributed by atoms with Gasteiger partial charge in [-0.25, -0.2) is 0 Å². The SMILES string of the molecule is CC(=O)OC[C@@H](C)C1CCC2C3C(CC[C@@]21C)C1(C)CCC(=O)C=C1[C@H]1O[C@@H]31. The van der Waals surface area contributed by atoms with Gasteiger partial charge in [-0.1, -0.05) is 20.8 Å². The number of rotatable bonds is 3. The molecule has 1 saturated heterocycles. The van der Waals surface area contributed by atoms with Crippen LogP contribution in [0, 0.1) is 40.4 Å². The number of ether oxygens (including phenoxy) is 2. The molecule has 4 nitrogen and oxygen atoms in total. The summed E-state index contributed by atoms with van der Waals surface area (Å²) in [6.07, 6.45) is 9.18. The van der Waals surface area contributed by atoms with Gasteiger partial charge in [0.25, 0.3) is 0 Å². The van der Waals surface area contributed by atoms with E-state index >= 15 is 0 Å². The second-order valence-electron chi connectivity index (χ2n) is 10.8. The molecule has 0 aromatic heterocycles. The summed E-state index contributed by atoms with van der Waals surface area (Å²) < 4.78 is 11.6. The molecule has 0 aromatic rings. The van der Waals surface area contributed by atoms with Crippen LogP contribution in [0.25, 0.3) is 0 Å². The van der Waals surface area contributed by atoms with E-state index in [0.717, 1.165) is 6.42 Å². The minimum Gasteiger partial charge on any atom is -0.466 e. The molecule has 154 valence electrons. The van der Waals surface area contributed by atoms with Gasteiger partial charge in [-0.05, 0) is 84.2 Å². The quantitative estimate of drug-likeness (QED) is 0.535. The molecule has 0 amide bonds. The molecule has 0 aromatic carbocycles. The van der Waals surface area contributed by atoms with Crippen molar-refractivity contribution in [1.29, 1.82) is 0 Å². The Morgan fingerprint density at radius 3 is 2.79 bits per heavy atom. The summed E-state index contributed by atoms with van der Waals surface area (Å²) in [5, 5.41) is 0. The average Bonchev–Trinajstić information content (AvgIpc) is 3.35. The number of carbonyl (C=O) groups excluding carboxylic acids is 2. The second-order valence-corrected chi connectivity index (χ2v) is 10.8. The van der Waals surface area contributed by atoms with Crippen LogP contribution in [-0.4, -0.2) is 30.6 Å². The molecule has 0 radical (unpaired) electrons. The zero-order valence-electron chi connectivity index (χ0n) is 17.7. The largest absolute Gasteiger partial charge is 0.466 e. The molecule has 0 bridgehead atoms. The third kappa shape index (κ3) is 2.52. The molecule has 4 heteroatoms. The van der Waals surface area contributed by atoms with Crippen molar-refractivity contribution in [2.75, 3.05) is 6.61 Å². The molecule has 1 aliphatic heterocycles. The molecular formula is C24H34O4. The number of carbonyl (C=O) groups is 2. The number of hydrogen-bond donors (Lipinski definition) is 0. The summed E-state index contributed by atoms with van der Waals surface area (Å²) in [6.45, 7) is 9.24. The highest BCUT2D eigenvalue weighted by Gasteiger charge is 2.69. The molecular weight excluding hydrogens is 352 g/mol. The van der Waals surface area contributed by atoms with Crippen LogP contribution in [0.4, 0.5) is 0 Å². The molecule has 4 fully saturated rings. The Kier molecular flexibility index (Phi) is 4.15. The fourth-order valence-corrected chi connectivity index (χ4v) is 8.15. The van der Waals surface area contributed by atoms with E-state index in [9.17, 15) is 9.59 Å². The van der Waals surface area contributed by atoms with Crippen molar-refractivity contribution in [2.24, 2.45) is 40.4 Å². The summed E-state index contributed by atoms with van der Waals surface area (Å²) in [5.74, 6) is 3.13. The fraction of sp³-hybridized carbons (Fsp3) is 0.833. The smallest absolute Gasteiger partial charge is 0.302 e. The Morgan fingerprint density at radius 2 is 2.04 bits per heavy atom. The van der Waals surface area contributed by atoms with Crippen molar-refractivity contribution < 1.29 is 19.1 Å². The molecule has 5 aliphatic rings. The van der Waals surface area contributed by atoms with Crippen LogP contribution in [0.5, 0.6) is 0 Å². The van der Waals surface area contributed by atoms with Gasteiger partial charge in [-0.3, -0.25) is 9.59 Å². The third-order valence-corrected chi connectivity index (χ3v) is 9.54. The molecule has 5 unspecified atom stereocenters. The van der Waals surface area contributed by atoms with Gasteiger partial charge < -0.3 is 9.47 Å². The molecule has 3 saturated carbocycles. The Morgan fingerprint density at radius 1 is 1.25 bits per heavy atom. The van der Waals surface area contributed by atoms with Gasteiger partial charge in [0.15, 0.2) is 5.78 Å². The lowest BCUT2D eigenvalue weighted by atomic mass is 9.46. The van der Waals surface area contributed by atoms with Gasteiger partial charge >= 0.3 is 5.97 Å². The van der Waals surface area contributed by atoms with E-state index in [2.05, 4.69) is 20.8 Å². The molecule has 4 aliphatic carbocycles. The van der Waals surface area contributed by atoms with Crippen molar-refractivity contribution in [2.45, 2.75) is 78.4 Å². The summed E-state index contributed by atoms with van der Waals surface area (Å²) >= 11 is 0. The van der Waals surface area contributed by atoms with Crippen LogP contribution in [-0.2, 0) is 19.1 Å². The maximum Gasteiger partial charge on any atom is 0.302 e. The normalized spacial score (nSPS) is 49.9. The first-order valence-electron chi connectivity index (χ1n) is 11.3. The van der Waals surface area contributed by atoms with Crippen molar-refractivity contribution >= 4 is 11.8 Å². The summed E-state index contributed by atoms with van der Waals surface area (Å²) in [6, 6.07) is 0. The van der Waals surface area contributed by atoms with E-state index in [4.69, 9.17) is 9.47 Å². The predicted molar refractivity (Wildman–Crippen MR) is 105 cm³/mol. The monoisotopic (exact) mass is 386 g/mol. The lowest BCUT2D eigenvalue weighted by Gasteiger charge is -2.57. The van der Waals surface area contributed by atoms with Crippen LogP contribution in [0.1, 0.15) is 66.2 Å². The van der Waals surface area contributed by atoms with Crippen molar-refractivity contribution in [3.05, 3.63) is 11.6 Å². The Labute approximate surface area is 168 Å². The average molecular weight is 387 g/mol. The maximum atomic E-state index is 12.1. The first-order chi connectivity index (χ1) is 13.3. The Balaban J connectivity index is 1.42. The molecule has 5 rings (SSSR count). The van der Waals surface area contributed by atoms with E-state index < -0.39 is 0 Å². The Bertz CT molecular complexity index is 741. The van der Waals surface area contributed by atoms with E-state index in [-0.39, 0.29) is 17.5 Å². The van der Waals surface area contributed by atoms with E-state index in [0.29, 0.717) is 59.9 Å². The number of epoxide rings is 1. The second kappa shape index (κ2) is 6.17. The van der Waals surface area contributed by atoms with E-state index in [1.165, 1.54) is 38.2 Å². The lowest BCUT2D eigenvalue weighted by Crippen LogP contribution is -2.54. The van der Waals surface area contributed by atoms with Gasteiger partial charge in [-0.15, -0.1) is 0 Å². The highest BCUT2D eigenvalue weighted by molar-refractivity contribution is 5.92. The van der Waals surface area contributed by atoms with E-state index in [1.807, 2.05) is 6.08 Å². The lowest BCUT2D eigenvalue weighted by molar-refractivity contribution is -0.143. The first kappa shape index (κ1) is 18.8. The van der Waals surface area contributed by atoms with Gasteiger partial charge in [0.1, 0.15) is 6.10 Å². The van der Waals surface area contributed by atoms with Crippen LogP contribution < -0.4 is 0 Å². The van der Waals surface area contributed by atoms with Gasteiger partial charge in [0.05, 0.1) is 12.7 Å². The molecule has 9 atom stereocenters. The predicted octanol–water partition coefficient (Wildman–Crippen LogP) is 4.32. The number of esters is 1. The molecule has 0 N–H and O–H groups in total. The molecule has 1 heterocycles. The van der Waals surface area contributed by atoms with Crippen molar-refractivity contribution in [1.82, 2.24) is 0 Å². The van der Waals surface area contributed by atoms with Crippen molar-refractivity contribution in [3.63, 3.8) is 0 Å². The van der Waals surface area contributed by atoms with Crippen LogP contribution in [0.3, 0.4) is 0 Å². The third-order valence-electron chi connectivity index (χ3n) is 9.54. The van der Waals surface area contributed by atoms with E-state index in [1.54, 1.807) is 0 Å². The zero-order chi connectivity index (χ0) is 19.8. The molecule has 28 heavy (non-hydrogen) atoms.